The van der Waals surface area contributed by atoms with Gasteiger partial charge in [0.1, 0.15) is 17.2 Å². The summed E-state index contributed by atoms with van der Waals surface area (Å²) in [6, 6.07) is 8.64. The van der Waals surface area contributed by atoms with Crippen LogP contribution < -0.4 is 0 Å². The maximum Gasteiger partial charge on any atom is 0.416 e. The third-order valence-corrected chi connectivity index (χ3v) is 3.57. The highest BCUT2D eigenvalue weighted by Gasteiger charge is 2.30. The second-order valence-electron chi connectivity index (χ2n) is 5.23. The van der Waals surface area contributed by atoms with Gasteiger partial charge in [-0.2, -0.15) is 13.2 Å². The van der Waals surface area contributed by atoms with Crippen LogP contribution in [0.2, 0.25) is 0 Å². The lowest BCUT2D eigenvalue weighted by Gasteiger charge is -2.10. The Hall–Kier alpha value is -3.03. The van der Waals surface area contributed by atoms with Gasteiger partial charge in [0.2, 0.25) is 0 Å². The molecular formula is C17H12F4N4. The zero-order chi connectivity index (χ0) is 18.0. The van der Waals surface area contributed by atoms with Crippen molar-refractivity contribution in [3.63, 3.8) is 0 Å². The fraction of sp³-hybridized carbons (Fsp3) is 0.118. The second kappa shape index (κ2) is 6.46. The average molecular weight is 348 g/mol. The van der Waals surface area contributed by atoms with Crippen LogP contribution in [0.4, 0.5) is 17.6 Å². The minimum atomic E-state index is -4.50. The van der Waals surface area contributed by atoms with E-state index in [4.69, 9.17) is 0 Å². The Labute approximate surface area is 140 Å². The number of halogens is 4. The number of hydrogen-bond acceptors (Lipinski definition) is 3. The molecule has 3 rings (SSSR count). The van der Waals surface area contributed by atoms with Crippen molar-refractivity contribution in [2.24, 2.45) is 4.99 Å². The van der Waals surface area contributed by atoms with Crippen molar-refractivity contribution in [2.75, 3.05) is 7.05 Å². The molecule has 0 radical (unpaired) electrons. The Bertz CT molecular complexity index is 928. The molecule has 1 N–H and O–H groups in total. The van der Waals surface area contributed by atoms with Crippen LogP contribution in [0.5, 0.6) is 0 Å². The van der Waals surface area contributed by atoms with E-state index in [9.17, 15) is 17.6 Å². The van der Waals surface area contributed by atoms with Gasteiger partial charge in [-0.05, 0) is 35.9 Å². The highest BCUT2D eigenvalue weighted by Crippen LogP contribution is 2.34. The van der Waals surface area contributed by atoms with E-state index >= 15 is 0 Å². The summed E-state index contributed by atoms with van der Waals surface area (Å²) in [6.45, 7) is 0. The summed E-state index contributed by atoms with van der Waals surface area (Å²) in [5, 5.41) is 10.3. The van der Waals surface area contributed by atoms with Crippen molar-refractivity contribution >= 4 is 6.21 Å². The van der Waals surface area contributed by atoms with Crippen LogP contribution >= 0.6 is 0 Å². The van der Waals surface area contributed by atoms with Crippen molar-refractivity contribution in [1.82, 2.24) is 15.4 Å². The highest BCUT2D eigenvalue weighted by atomic mass is 19.4. The number of benzene rings is 2. The molecule has 128 valence electrons. The molecule has 3 aromatic rings. The summed E-state index contributed by atoms with van der Waals surface area (Å²) in [5.74, 6) is -0.628. The van der Waals surface area contributed by atoms with E-state index in [0.717, 1.165) is 12.1 Å². The molecule has 0 saturated heterocycles. The molecule has 25 heavy (non-hydrogen) atoms. The molecule has 0 fully saturated rings. The first-order valence-electron chi connectivity index (χ1n) is 7.21. The summed E-state index contributed by atoms with van der Waals surface area (Å²) in [4.78, 5) is 3.87. The summed E-state index contributed by atoms with van der Waals surface area (Å²) in [7, 11) is 1.57. The molecule has 1 aromatic heterocycles. The van der Waals surface area contributed by atoms with E-state index in [0.29, 0.717) is 17.0 Å². The number of hydrogen-bond donors (Lipinski definition) is 1. The first kappa shape index (κ1) is 16.8. The Morgan fingerprint density at radius 2 is 1.88 bits per heavy atom. The van der Waals surface area contributed by atoms with E-state index in [1.54, 1.807) is 7.05 Å². The van der Waals surface area contributed by atoms with Crippen molar-refractivity contribution in [3.8, 4) is 22.4 Å². The van der Waals surface area contributed by atoms with E-state index in [-0.39, 0.29) is 11.1 Å². The van der Waals surface area contributed by atoms with Crippen molar-refractivity contribution < 1.29 is 17.6 Å². The maximum atomic E-state index is 14.2. The van der Waals surface area contributed by atoms with E-state index < -0.39 is 17.6 Å². The number of nitrogens with zero attached hydrogens (tertiary/aromatic N) is 3. The number of aromatic nitrogens is 3. The molecule has 0 spiro atoms. The Kier molecular flexibility index (Phi) is 4.35. The fourth-order valence-corrected chi connectivity index (χ4v) is 2.42. The topological polar surface area (TPSA) is 53.9 Å². The molecule has 0 aliphatic rings. The average Bonchev–Trinajstić information content (AvgIpc) is 3.03. The zero-order valence-corrected chi connectivity index (χ0v) is 13.0. The van der Waals surface area contributed by atoms with E-state index in [1.807, 2.05) is 0 Å². The number of aliphatic imine (C=N–C) groups is 1. The molecule has 0 saturated carbocycles. The lowest BCUT2D eigenvalue weighted by atomic mass is 9.99. The number of nitrogens with one attached hydrogen (secondary N) is 1. The molecule has 0 atom stereocenters. The van der Waals surface area contributed by atoms with Gasteiger partial charge in [0.05, 0.1) is 5.56 Å². The molecule has 0 aliphatic carbocycles. The number of aromatic amines is 1. The summed E-state index contributed by atoms with van der Waals surface area (Å²) < 4.78 is 52.9. The van der Waals surface area contributed by atoms with Crippen LogP contribution in [0.25, 0.3) is 22.4 Å². The first-order chi connectivity index (χ1) is 11.9. The predicted octanol–water partition coefficient (Wildman–Crippen LogP) is 4.35. The molecule has 0 amide bonds. The van der Waals surface area contributed by atoms with Gasteiger partial charge in [-0.1, -0.05) is 17.3 Å². The third-order valence-electron chi connectivity index (χ3n) is 3.57. The fourth-order valence-electron chi connectivity index (χ4n) is 2.42. The zero-order valence-electron chi connectivity index (χ0n) is 13.0. The smallest absolute Gasteiger partial charge is 0.294 e. The molecule has 1 heterocycles. The maximum absolute atomic E-state index is 14.2. The number of rotatable bonds is 3. The van der Waals surface area contributed by atoms with Crippen LogP contribution in [0.3, 0.4) is 0 Å². The van der Waals surface area contributed by atoms with Gasteiger partial charge in [-0.3, -0.25) is 10.1 Å². The molecule has 0 bridgehead atoms. The van der Waals surface area contributed by atoms with Crippen LogP contribution in [0.15, 0.2) is 47.5 Å². The molecule has 4 nitrogen and oxygen atoms in total. The second-order valence-corrected chi connectivity index (χ2v) is 5.23. The molecule has 8 heteroatoms. The quantitative estimate of drug-likeness (QED) is 0.565. The molecule has 0 aliphatic heterocycles. The van der Waals surface area contributed by atoms with Gasteiger partial charge in [-0.25, -0.2) is 4.39 Å². The summed E-state index contributed by atoms with van der Waals surface area (Å²) in [5.41, 5.74) is 0.796. The van der Waals surface area contributed by atoms with Gasteiger partial charge in [-0.15, -0.1) is 5.10 Å². The third kappa shape index (κ3) is 3.42. The van der Waals surface area contributed by atoms with Gasteiger partial charge in [0, 0.05) is 24.4 Å². The SMILES string of the molecule is C/N=C\c1[nH]nnc1-c1ccc(F)c(-c2cccc(C(F)(F)F)c2)c1. The Morgan fingerprint density at radius 3 is 2.60 bits per heavy atom. The number of H-pyrrole nitrogens is 1. The lowest BCUT2D eigenvalue weighted by Crippen LogP contribution is -2.04. The predicted molar refractivity (Wildman–Crippen MR) is 85.7 cm³/mol. The van der Waals surface area contributed by atoms with Gasteiger partial charge in [0.15, 0.2) is 0 Å². The standard InChI is InChI=1S/C17H12F4N4/c1-22-9-15-16(24-25-23-15)11-5-6-14(18)13(8-11)10-3-2-4-12(7-10)17(19,20)21/h2-9H,1H3,(H,23,24,25)/b22-9-. The summed E-state index contributed by atoms with van der Waals surface area (Å²) >= 11 is 0. The Balaban J connectivity index is 2.11. The molecule has 2 aromatic carbocycles. The normalized spacial score (nSPS) is 12.0. The monoisotopic (exact) mass is 348 g/mol. The highest BCUT2D eigenvalue weighted by molar-refractivity contribution is 5.87. The van der Waals surface area contributed by atoms with Crippen molar-refractivity contribution in [3.05, 3.63) is 59.5 Å². The largest absolute Gasteiger partial charge is 0.416 e. The van der Waals surface area contributed by atoms with Crippen LogP contribution in [0, 0.1) is 5.82 Å². The minimum Gasteiger partial charge on any atom is -0.294 e. The van der Waals surface area contributed by atoms with Gasteiger partial charge < -0.3 is 0 Å². The molecule has 0 unspecified atom stereocenters. The van der Waals surface area contributed by atoms with Crippen molar-refractivity contribution in [2.45, 2.75) is 6.18 Å². The van der Waals surface area contributed by atoms with E-state index in [2.05, 4.69) is 20.4 Å². The van der Waals surface area contributed by atoms with Gasteiger partial charge in [0.25, 0.3) is 0 Å². The minimum absolute atomic E-state index is 0.0472. The van der Waals surface area contributed by atoms with Crippen LogP contribution in [-0.2, 0) is 6.18 Å². The lowest BCUT2D eigenvalue weighted by molar-refractivity contribution is -0.137. The van der Waals surface area contributed by atoms with E-state index in [1.165, 1.54) is 36.5 Å². The summed E-state index contributed by atoms with van der Waals surface area (Å²) in [6.07, 6.45) is -3.00. The Morgan fingerprint density at radius 1 is 1.08 bits per heavy atom. The van der Waals surface area contributed by atoms with Crippen LogP contribution in [-0.4, -0.2) is 28.7 Å². The molecular weight excluding hydrogens is 336 g/mol. The van der Waals surface area contributed by atoms with Crippen LogP contribution in [0.1, 0.15) is 11.3 Å². The number of alkyl halides is 3. The van der Waals surface area contributed by atoms with Gasteiger partial charge >= 0.3 is 6.18 Å². The first-order valence-corrected chi connectivity index (χ1v) is 7.21. The van der Waals surface area contributed by atoms with Crippen molar-refractivity contribution in [1.29, 1.82) is 0 Å².